The minimum absolute atomic E-state index is 0.0267. The van der Waals surface area contributed by atoms with Gasteiger partial charge < -0.3 is 15.4 Å². The van der Waals surface area contributed by atoms with Gasteiger partial charge in [0.05, 0.1) is 25.4 Å². The molecule has 1 aromatic carbocycles. The molecule has 2 fully saturated rings. The fourth-order valence-electron chi connectivity index (χ4n) is 3.25. The van der Waals surface area contributed by atoms with Crippen LogP contribution in [0.5, 0.6) is 5.75 Å². The normalized spacial score (nSPS) is 17.3. The van der Waals surface area contributed by atoms with Gasteiger partial charge in [-0.05, 0) is 31.1 Å². The molecule has 2 aromatic heterocycles. The lowest BCUT2D eigenvalue weighted by molar-refractivity contribution is -0.124. The summed E-state index contributed by atoms with van der Waals surface area (Å²) in [5.41, 5.74) is 2.03. The number of hydrogen-bond acceptors (Lipinski definition) is 8. The highest BCUT2D eigenvalue weighted by molar-refractivity contribution is 6.34. The predicted octanol–water partition coefficient (Wildman–Crippen LogP) is 2.53. The van der Waals surface area contributed by atoms with E-state index in [0.29, 0.717) is 51.2 Å². The Kier molecular flexibility index (Phi) is 4.70. The van der Waals surface area contributed by atoms with Crippen LogP contribution in [0.25, 0.3) is 11.7 Å². The van der Waals surface area contributed by atoms with Crippen molar-refractivity contribution in [1.29, 1.82) is 0 Å². The van der Waals surface area contributed by atoms with E-state index >= 15 is 0 Å². The maximum Gasteiger partial charge on any atom is 0.254 e. The zero-order chi connectivity index (χ0) is 21.5. The van der Waals surface area contributed by atoms with Gasteiger partial charge in [-0.25, -0.2) is 0 Å². The second-order valence-corrected chi connectivity index (χ2v) is 7.67. The van der Waals surface area contributed by atoms with Crippen LogP contribution in [0.2, 0.25) is 5.02 Å². The Morgan fingerprint density at radius 2 is 2.13 bits per heavy atom. The van der Waals surface area contributed by atoms with Crippen molar-refractivity contribution in [2.24, 2.45) is 0 Å². The predicted molar refractivity (Wildman–Crippen MR) is 114 cm³/mol. The fourth-order valence-corrected chi connectivity index (χ4v) is 3.50. The van der Waals surface area contributed by atoms with Gasteiger partial charge in [-0.1, -0.05) is 17.7 Å². The van der Waals surface area contributed by atoms with E-state index in [1.54, 1.807) is 42.1 Å². The summed E-state index contributed by atoms with van der Waals surface area (Å²) in [6.45, 7) is 0. The first-order valence-corrected chi connectivity index (χ1v) is 10.1. The lowest BCUT2D eigenvalue weighted by Crippen LogP contribution is -2.19. The Hall–Kier alpha value is -3.66. The highest BCUT2D eigenvalue weighted by Crippen LogP contribution is 2.33. The number of imide groups is 1. The Balaban J connectivity index is 1.58. The number of methoxy groups -OCH3 is 1. The van der Waals surface area contributed by atoms with E-state index in [0.717, 1.165) is 12.8 Å². The number of hydrogen-bond donors (Lipinski definition) is 3. The summed E-state index contributed by atoms with van der Waals surface area (Å²) >= 11 is 6.40. The number of anilines is 3. The zero-order valence-corrected chi connectivity index (χ0v) is 17.2. The number of nitrogens with zero attached hydrogens (tertiary/aromatic N) is 4. The molecule has 11 heteroatoms. The van der Waals surface area contributed by atoms with Crippen LogP contribution in [0.3, 0.4) is 0 Å². The number of ether oxygens (including phenoxy) is 1. The highest BCUT2D eigenvalue weighted by Gasteiger charge is 2.26. The van der Waals surface area contributed by atoms with Gasteiger partial charge in [0, 0.05) is 17.2 Å². The van der Waals surface area contributed by atoms with Crippen molar-refractivity contribution in [3.63, 3.8) is 0 Å². The van der Waals surface area contributed by atoms with Crippen molar-refractivity contribution in [1.82, 2.24) is 24.9 Å². The number of carbonyl (C=O) groups is 2. The summed E-state index contributed by atoms with van der Waals surface area (Å²) in [5, 5.41) is 13.5. The summed E-state index contributed by atoms with van der Waals surface area (Å²) in [6.07, 6.45) is 5.35. The Morgan fingerprint density at radius 1 is 1.29 bits per heavy atom. The van der Waals surface area contributed by atoms with Gasteiger partial charge in [0.2, 0.25) is 17.8 Å². The number of benzene rings is 1. The number of fused-ring (bicyclic) bond motifs is 1. The molecule has 0 bridgehead atoms. The van der Waals surface area contributed by atoms with Gasteiger partial charge in [0.25, 0.3) is 5.91 Å². The molecular formula is C20H18ClN7O3. The lowest BCUT2D eigenvalue weighted by atomic mass is 10.1. The molecule has 3 N–H and O–H groups in total. The first-order valence-electron chi connectivity index (χ1n) is 9.68. The van der Waals surface area contributed by atoms with E-state index in [1.807, 2.05) is 0 Å². The number of halogens is 1. The third-order valence-corrected chi connectivity index (χ3v) is 5.35. The third kappa shape index (κ3) is 3.77. The van der Waals surface area contributed by atoms with Crippen LogP contribution in [-0.2, 0) is 9.59 Å². The number of carbonyl (C=O) groups excluding carboxylic acids is 2. The molecule has 0 atom stereocenters. The molecule has 1 aliphatic carbocycles. The van der Waals surface area contributed by atoms with Gasteiger partial charge in [0.1, 0.15) is 10.8 Å². The molecule has 0 spiro atoms. The van der Waals surface area contributed by atoms with Crippen molar-refractivity contribution in [2.45, 2.75) is 25.3 Å². The number of amides is 2. The van der Waals surface area contributed by atoms with Crippen molar-refractivity contribution >= 4 is 52.7 Å². The van der Waals surface area contributed by atoms with E-state index < -0.39 is 5.91 Å². The van der Waals surface area contributed by atoms with Gasteiger partial charge in [-0.15, -0.1) is 0 Å². The third-order valence-electron chi connectivity index (χ3n) is 4.96. The largest absolute Gasteiger partial charge is 0.495 e. The second kappa shape index (κ2) is 7.55. The first kappa shape index (κ1) is 19.3. The minimum Gasteiger partial charge on any atom is -0.495 e. The molecule has 0 unspecified atom stereocenters. The van der Waals surface area contributed by atoms with E-state index in [1.165, 1.54) is 0 Å². The molecule has 0 radical (unpaired) electrons. The summed E-state index contributed by atoms with van der Waals surface area (Å²) < 4.78 is 6.85. The van der Waals surface area contributed by atoms with E-state index in [4.69, 9.17) is 16.3 Å². The molecule has 158 valence electrons. The molecule has 1 aliphatic heterocycles. The van der Waals surface area contributed by atoms with Crippen molar-refractivity contribution < 1.29 is 14.3 Å². The van der Waals surface area contributed by atoms with E-state index in [-0.39, 0.29) is 12.3 Å². The van der Waals surface area contributed by atoms with Gasteiger partial charge in [-0.3, -0.25) is 14.9 Å². The average Bonchev–Trinajstić information content (AvgIpc) is 3.38. The van der Waals surface area contributed by atoms with Gasteiger partial charge in [-0.2, -0.15) is 19.6 Å². The van der Waals surface area contributed by atoms with E-state index in [9.17, 15) is 9.59 Å². The van der Waals surface area contributed by atoms with Crippen LogP contribution in [0.15, 0.2) is 30.0 Å². The molecule has 10 nitrogen and oxygen atoms in total. The quantitative estimate of drug-likeness (QED) is 0.395. The maximum atomic E-state index is 12.0. The Morgan fingerprint density at radius 3 is 2.84 bits per heavy atom. The molecular weight excluding hydrogens is 422 g/mol. The smallest absolute Gasteiger partial charge is 0.254 e. The SMILES string of the molecule is COc1cccc(Nc2nc(NC3CC3)n3ncc(/C=C4\CC(=O)NC4=O)c3n2)c1Cl. The monoisotopic (exact) mass is 439 g/mol. The van der Waals surface area contributed by atoms with Crippen molar-refractivity contribution in [3.05, 3.63) is 40.6 Å². The van der Waals surface area contributed by atoms with Crippen LogP contribution < -0.4 is 20.7 Å². The molecule has 5 rings (SSSR count). The van der Waals surface area contributed by atoms with E-state index in [2.05, 4.69) is 31.0 Å². The zero-order valence-electron chi connectivity index (χ0n) is 16.5. The van der Waals surface area contributed by atoms with Gasteiger partial charge >= 0.3 is 0 Å². The van der Waals surface area contributed by atoms with Crippen LogP contribution in [0.1, 0.15) is 24.8 Å². The van der Waals surface area contributed by atoms with Crippen LogP contribution >= 0.6 is 11.6 Å². The number of nitrogens with one attached hydrogen (secondary N) is 3. The topological polar surface area (TPSA) is 123 Å². The second-order valence-electron chi connectivity index (χ2n) is 7.30. The molecule has 1 saturated heterocycles. The standard InChI is InChI=1S/C20H18ClN7O3/c1-31-14-4-2-3-13(16(14)21)24-19-26-17-11(7-10-8-15(29)25-18(10)30)9-22-28(17)20(27-19)23-12-5-6-12/h2-4,7,9,12H,5-6,8H2,1H3,(H,25,29,30)(H2,23,24,26,27)/b10-7+. The highest BCUT2D eigenvalue weighted by atomic mass is 35.5. The first-order chi connectivity index (χ1) is 15.0. The lowest BCUT2D eigenvalue weighted by Gasteiger charge is -2.12. The molecule has 3 aromatic rings. The Bertz CT molecular complexity index is 1250. The maximum absolute atomic E-state index is 12.0. The summed E-state index contributed by atoms with van der Waals surface area (Å²) in [7, 11) is 1.54. The molecule has 2 amide bonds. The molecule has 3 heterocycles. The minimum atomic E-state index is -0.406. The Labute approximate surface area is 181 Å². The van der Waals surface area contributed by atoms with Crippen LogP contribution in [0.4, 0.5) is 17.6 Å². The molecule has 1 saturated carbocycles. The van der Waals surface area contributed by atoms with Crippen molar-refractivity contribution in [2.75, 3.05) is 17.7 Å². The molecule has 31 heavy (non-hydrogen) atoms. The number of rotatable bonds is 6. The summed E-state index contributed by atoms with van der Waals surface area (Å²) in [6, 6.07) is 5.68. The van der Waals surface area contributed by atoms with Gasteiger partial charge in [0.15, 0.2) is 5.65 Å². The van der Waals surface area contributed by atoms with Crippen LogP contribution in [-0.4, -0.2) is 44.5 Å². The summed E-state index contributed by atoms with van der Waals surface area (Å²) in [4.78, 5) is 32.6. The number of aromatic nitrogens is 4. The fraction of sp³-hybridized carbons (Fsp3) is 0.250. The van der Waals surface area contributed by atoms with Crippen molar-refractivity contribution in [3.8, 4) is 5.75 Å². The summed E-state index contributed by atoms with van der Waals surface area (Å²) in [5.74, 6) is 0.615. The molecule has 2 aliphatic rings. The van der Waals surface area contributed by atoms with Crippen LogP contribution in [0, 0.1) is 0 Å². The average molecular weight is 440 g/mol.